The highest BCUT2D eigenvalue weighted by Crippen LogP contribution is 2.18. The second kappa shape index (κ2) is 5.05. The quantitative estimate of drug-likeness (QED) is 0.810. The van der Waals surface area contributed by atoms with Crippen LogP contribution in [0.3, 0.4) is 0 Å². The average Bonchev–Trinajstić information content (AvgIpc) is 2.68. The zero-order chi connectivity index (χ0) is 13.1. The molecule has 2 nitrogen and oxygen atoms in total. The van der Waals surface area contributed by atoms with E-state index in [2.05, 4.69) is 6.07 Å². The van der Waals surface area contributed by atoms with Crippen molar-refractivity contribution in [2.24, 2.45) is 0 Å². The summed E-state index contributed by atoms with van der Waals surface area (Å²) in [5.41, 5.74) is 3.26. The first kappa shape index (κ1) is 12.4. The van der Waals surface area contributed by atoms with Crippen LogP contribution in [0.2, 0.25) is 0 Å². The van der Waals surface area contributed by atoms with Crippen molar-refractivity contribution in [3.8, 4) is 6.07 Å². The van der Waals surface area contributed by atoms with Gasteiger partial charge in [-0.3, -0.25) is 0 Å². The maximum Gasteiger partial charge on any atom is 0.128 e. The Kier molecular flexibility index (Phi) is 3.47. The molecule has 2 rings (SSSR count). The summed E-state index contributed by atoms with van der Waals surface area (Å²) < 4.78 is 15.5. The lowest BCUT2D eigenvalue weighted by Crippen LogP contribution is -2.06. The van der Waals surface area contributed by atoms with E-state index < -0.39 is 0 Å². The summed E-state index contributed by atoms with van der Waals surface area (Å²) in [5, 5.41) is 9.23. The Balaban J connectivity index is 2.44. The van der Waals surface area contributed by atoms with Crippen LogP contribution >= 0.6 is 0 Å². The van der Waals surface area contributed by atoms with E-state index in [-0.39, 0.29) is 5.82 Å². The molecule has 0 bridgehead atoms. The normalized spacial score (nSPS) is 10.3. The van der Waals surface area contributed by atoms with E-state index in [1.807, 2.05) is 30.5 Å². The minimum absolute atomic E-state index is 0.229. The van der Waals surface area contributed by atoms with Gasteiger partial charge in [0, 0.05) is 11.3 Å². The third-order valence-electron chi connectivity index (χ3n) is 3.16. The lowest BCUT2D eigenvalue weighted by atomic mass is 10.2. The highest BCUT2D eigenvalue weighted by molar-refractivity contribution is 5.37. The van der Waals surface area contributed by atoms with Crippen molar-refractivity contribution in [2.75, 3.05) is 0 Å². The fourth-order valence-electron chi connectivity index (χ4n) is 2.15. The molecule has 0 spiro atoms. The zero-order valence-electron chi connectivity index (χ0n) is 10.6. The van der Waals surface area contributed by atoms with Gasteiger partial charge in [-0.1, -0.05) is 25.1 Å². The average molecular weight is 242 g/mol. The minimum atomic E-state index is -0.229. The van der Waals surface area contributed by atoms with Crippen LogP contribution in [0.4, 0.5) is 4.39 Å². The first-order valence-electron chi connectivity index (χ1n) is 5.99. The molecule has 0 amide bonds. The molecule has 0 saturated heterocycles. The molecule has 18 heavy (non-hydrogen) atoms. The number of hydrogen-bond acceptors (Lipinski definition) is 1. The van der Waals surface area contributed by atoms with Crippen LogP contribution in [-0.2, 0) is 13.0 Å². The number of aromatic nitrogens is 1. The first-order valence-corrected chi connectivity index (χ1v) is 5.99. The largest absolute Gasteiger partial charge is 0.332 e. The second-order valence-corrected chi connectivity index (χ2v) is 4.30. The number of halogens is 1. The molecule has 0 saturated carbocycles. The molecule has 0 unspecified atom stereocenters. The summed E-state index contributed by atoms with van der Waals surface area (Å²) in [4.78, 5) is 0. The van der Waals surface area contributed by atoms with Gasteiger partial charge >= 0.3 is 0 Å². The van der Waals surface area contributed by atoms with E-state index in [0.29, 0.717) is 17.8 Å². The third-order valence-corrected chi connectivity index (χ3v) is 3.16. The molecule has 92 valence electrons. The molecule has 0 aliphatic heterocycles. The Labute approximate surface area is 106 Å². The van der Waals surface area contributed by atoms with E-state index in [9.17, 15) is 9.65 Å². The monoisotopic (exact) mass is 242 g/mol. The lowest BCUT2D eigenvalue weighted by molar-refractivity contribution is 0.597. The fourth-order valence-corrected chi connectivity index (χ4v) is 2.15. The molecule has 1 aromatic heterocycles. The van der Waals surface area contributed by atoms with Crippen molar-refractivity contribution in [1.29, 1.82) is 5.26 Å². The number of nitriles is 1. The summed E-state index contributed by atoms with van der Waals surface area (Å²) in [7, 11) is 0. The Morgan fingerprint density at radius 3 is 2.61 bits per heavy atom. The number of aryl methyl sites for hydroxylation is 2. The fraction of sp³-hybridized carbons (Fsp3) is 0.267. The van der Waals surface area contributed by atoms with Crippen LogP contribution in [0.15, 0.2) is 30.3 Å². The van der Waals surface area contributed by atoms with Crippen molar-refractivity contribution in [1.82, 2.24) is 4.57 Å². The number of rotatable bonds is 3. The summed E-state index contributed by atoms with van der Waals surface area (Å²) in [6.45, 7) is 4.37. The van der Waals surface area contributed by atoms with Crippen LogP contribution in [0.1, 0.15) is 29.4 Å². The minimum Gasteiger partial charge on any atom is -0.332 e. The molecular formula is C15H15FN2. The van der Waals surface area contributed by atoms with E-state index in [4.69, 9.17) is 0 Å². The zero-order valence-corrected chi connectivity index (χ0v) is 10.6. The smallest absolute Gasteiger partial charge is 0.128 e. The molecule has 0 atom stereocenters. The van der Waals surface area contributed by atoms with Crippen LogP contribution in [0.25, 0.3) is 0 Å². The molecule has 0 aliphatic rings. The van der Waals surface area contributed by atoms with Gasteiger partial charge in [0.1, 0.15) is 17.6 Å². The van der Waals surface area contributed by atoms with Crippen molar-refractivity contribution in [3.63, 3.8) is 0 Å². The molecule has 1 heterocycles. The Hall–Kier alpha value is -2.08. The van der Waals surface area contributed by atoms with Crippen LogP contribution < -0.4 is 0 Å². The second-order valence-electron chi connectivity index (χ2n) is 4.30. The predicted octanol–water partition coefficient (Wildman–Crippen LogP) is 3.42. The van der Waals surface area contributed by atoms with Crippen molar-refractivity contribution in [2.45, 2.75) is 26.8 Å². The van der Waals surface area contributed by atoms with Gasteiger partial charge in [0.15, 0.2) is 0 Å². The Morgan fingerprint density at radius 1 is 1.28 bits per heavy atom. The summed E-state index contributed by atoms with van der Waals surface area (Å²) in [6, 6.07) is 10.9. The van der Waals surface area contributed by atoms with Gasteiger partial charge in [0.2, 0.25) is 0 Å². The van der Waals surface area contributed by atoms with Crippen LogP contribution in [-0.4, -0.2) is 4.57 Å². The standard InChI is InChI=1S/C15H15FN2/c1-3-12-8-11(2)18(15(12)9-17)10-13-6-4-5-7-14(13)16/h4-8H,3,10H2,1-2H3. The van der Waals surface area contributed by atoms with Gasteiger partial charge in [0.25, 0.3) is 0 Å². The van der Waals surface area contributed by atoms with E-state index >= 15 is 0 Å². The van der Waals surface area contributed by atoms with Gasteiger partial charge < -0.3 is 4.57 Å². The van der Waals surface area contributed by atoms with Gasteiger partial charge in [-0.05, 0) is 31.0 Å². The van der Waals surface area contributed by atoms with E-state index in [1.165, 1.54) is 6.07 Å². The molecule has 0 N–H and O–H groups in total. The molecular weight excluding hydrogens is 227 g/mol. The van der Waals surface area contributed by atoms with Crippen molar-refractivity contribution < 1.29 is 4.39 Å². The van der Waals surface area contributed by atoms with Crippen molar-refractivity contribution >= 4 is 0 Å². The van der Waals surface area contributed by atoms with Gasteiger partial charge in [-0.2, -0.15) is 5.26 Å². The van der Waals surface area contributed by atoms with Crippen molar-refractivity contribution in [3.05, 3.63) is 58.7 Å². The van der Waals surface area contributed by atoms with E-state index in [0.717, 1.165) is 17.7 Å². The maximum absolute atomic E-state index is 13.6. The third kappa shape index (κ3) is 2.14. The Bertz CT molecular complexity index is 605. The number of benzene rings is 1. The Morgan fingerprint density at radius 2 is 2.00 bits per heavy atom. The highest BCUT2D eigenvalue weighted by atomic mass is 19.1. The first-order chi connectivity index (χ1) is 8.67. The van der Waals surface area contributed by atoms with Gasteiger partial charge in [-0.25, -0.2) is 4.39 Å². The molecule has 1 aromatic carbocycles. The van der Waals surface area contributed by atoms with Gasteiger partial charge in [-0.15, -0.1) is 0 Å². The van der Waals surface area contributed by atoms with E-state index in [1.54, 1.807) is 12.1 Å². The molecule has 0 aliphatic carbocycles. The SMILES string of the molecule is CCc1cc(C)n(Cc2ccccc2F)c1C#N. The summed E-state index contributed by atoms with van der Waals surface area (Å²) in [5.74, 6) is -0.229. The van der Waals surface area contributed by atoms with Crippen LogP contribution in [0.5, 0.6) is 0 Å². The lowest BCUT2D eigenvalue weighted by Gasteiger charge is -2.09. The summed E-state index contributed by atoms with van der Waals surface area (Å²) in [6.07, 6.45) is 0.813. The maximum atomic E-state index is 13.6. The number of nitrogens with zero attached hydrogens (tertiary/aromatic N) is 2. The number of hydrogen-bond donors (Lipinski definition) is 0. The molecule has 0 radical (unpaired) electrons. The molecule has 0 fully saturated rings. The molecule has 3 heteroatoms. The van der Waals surface area contributed by atoms with Crippen LogP contribution in [0, 0.1) is 24.1 Å². The topological polar surface area (TPSA) is 28.7 Å². The van der Waals surface area contributed by atoms with Gasteiger partial charge in [0.05, 0.1) is 6.54 Å². The predicted molar refractivity (Wildman–Crippen MR) is 68.8 cm³/mol. The highest BCUT2D eigenvalue weighted by Gasteiger charge is 2.12. The molecule has 2 aromatic rings. The summed E-state index contributed by atoms with van der Waals surface area (Å²) >= 11 is 0.